The van der Waals surface area contributed by atoms with Gasteiger partial charge in [0.05, 0.1) is 10.7 Å². The van der Waals surface area contributed by atoms with Crippen molar-refractivity contribution in [2.45, 2.75) is 25.1 Å². The fourth-order valence-electron chi connectivity index (χ4n) is 2.44. The third-order valence-electron chi connectivity index (χ3n) is 4.12. The van der Waals surface area contributed by atoms with Gasteiger partial charge in [0.1, 0.15) is 5.69 Å². The highest BCUT2D eigenvalue weighted by molar-refractivity contribution is 8.01. The zero-order valence-corrected chi connectivity index (χ0v) is 17.7. The summed E-state index contributed by atoms with van der Waals surface area (Å²) in [6.07, 6.45) is 0. The van der Waals surface area contributed by atoms with E-state index in [1.54, 1.807) is 13.0 Å². The molecule has 0 atom stereocenters. The summed E-state index contributed by atoms with van der Waals surface area (Å²) in [5.41, 5.74) is 3.82. The number of hydrogen-bond donors (Lipinski definition) is 2. The van der Waals surface area contributed by atoms with Crippen LogP contribution in [0.3, 0.4) is 0 Å². The average Bonchev–Trinajstić information content (AvgIpc) is 3.12. The van der Waals surface area contributed by atoms with Crippen LogP contribution in [0.5, 0.6) is 0 Å². The maximum absolute atomic E-state index is 12.3. The van der Waals surface area contributed by atoms with Crippen LogP contribution in [0.2, 0.25) is 0 Å². The van der Waals surface area contributed by atoms with Crippen LogP contribution in [0.25, 0.3) is 0 Å². The number of aromatic nitrogens is 2. The Balaban J connectivity index is 1.59. The van der Waals surface area contributed by atoms with Crippen molar-refractivity contribution in [3.63, 3.8) is 0 Å². The van der Waals surface area contributed by atoms with E-state index in [-0.39, 0.29) is 23.0 Å². The Hall–Kier alpha value is -2.98. The normalized spacial score (nSPS) is 10.6. The van der Waals surface area contributed by atoms with Crippen LogP contribution in [0, 0.1) is 30.9 Å². The summed E-state index contributed by atoms with van der Waals surface area (Å²) in [7, 11) is 0. The molecule has 3 rings (SSSR count). The molecular formula is C19H19N5O3S2. The minimum atomic E-state index is -0.497. The number of nitrogens with zero attached hydrogens (tertiary/aromatic N) is 3. The Morgan fingerprint density at radius 1 is 1.14 bits per heavy atom. The van der Waals surface area contributed by atoms with E-state index < -0.39 is 4.92 Å². The van der Waals surface area contributed by atoms with E-state index in [0.717, 1.165) is 16.8 Å². The summed E-state index contributed by atoms with van der Waals surface area (Å²) in [6, 6.07) is 11.0. The number of carbonyl (C=O) groups is 1. The van der Waals surface area contributed by atoms with Crippen LogP contribution < -0.4 is 10.6 Å². The third-order valence-corrected chi connectivity index (χ3v) is 6.09. The molecule has 0 aliphatic carbocycles. The molecule has 0 unspecified atom stereocenters. The van der Waals surface area contributed by atoms with Gasteiger partial charge in [-0.25, -0.2) is 0 Å². The first-order chi connectivity index (χ1) is 13.8. The first kappa shape index (κ1) is 20.7. The van der Waals surface area contributed by atoms with E-state index in [2.05, 4.69) is 20.8 Å². The van der Waals surface area contributed by atoms with E-state index in [1.807, 2.05) is 38.1 Å². The predicted molar refractivity (Wildman–Crippen MR) is 116 cm³/mol. The number of rotatable bonds is 7. The molecule has 2 aromatic carbocycles. The first-order valence-corrected chi connectivity index (χ1v) is 10.5. The molecule has 0 spiro atoms. The number of thioether (sulfide) groups is 1. The van der Waals surface area contributed by atoms with Crippen LogP contribution in [0.4, 0.5) is 22.2 Å². The second-order valence-electron chi connectivity index (χ2n) is 6.41. The van der Waals surface area contributed by atoms with Crippen molar-refractivity contribution in [1.82, 2.24) is 10.2 Å². The number of nitrogens with one attached hydrogen (secondary N) is 2. The smallest absolute Gasteiger partial charge is 0.293 e. The topological polar surface area (TPSA) is 110 Å². The molecule has 0 aliphatic rings. The molecule has 0 aliphatic heterocycles. The Morgan fingerprint density at radius 3 is 2.52 bits per heavy atom. The van der Waals surface area contributed by atoms with Gasteiger partial charge in [-0.3, -0.25) is 14.9 Å². The van der Waals surface area contributed by atoms with Gasteiger partial charge >= 0.3 is 0 Å². The maximum Gasteiger partial charge on any atom is 0.293 e. The summed E-state index contributed by atoms with van der Waals surface area (Å²) in [6.45, 7) is 5.65. The highest BCUT2D eigenvalue weighted by Gasteiger charge is 2.18. The van der Waals surface area contributed by atoms with Gasteiger partial charge in [-0.1, -0.05) is 40.8 Å². The predicted octanol–water partition coefficient (Wildman–Crippen LogP) is 4.85. The summed E-state index contributed by atoms with van der Waals surface area (Å²) in [5.74, 6) is -0.270. The van der Waals surface area contributed by atoms with Crippen molar-refractivity contribution in [1.29, 1.82) is 0 Å². The van der Waals surface area contributed by atoms with Crippen LogP contribution in [-0.2, 0) is 4.79 Å². The number of aryl methyl sites for hydroxylation is 3. The highest BCUT2D eigenvalue weighted by Crippen LogP contribution is 2.30. The minimum absolute atomic E-state index is 0.0727. The van der Waals surface area contributed by atoms with E-state index in [0.29, 0.717) is 9.47 Å². The van der Waals surface area contributed by atoms with Gasteiger partial charge in [0.2, 0.25) is 11.0 Å². The van der Waals surface area contributed by atoms with Crippen molar-refractivity contribution < 1.29 is 9.72 Å². The zero-order chi connectivity index (χ0) is 21.0. The fraction of sp³-hybridized carbons (Fsp3) is 0.211. The monoisotopic (exact) mass is 429 g/mol. The summed E-state index contributed by atoms with van der Waals surface area (Å²) >= 11 is 2.56. The number of nitro benzene ring substituents is 1. The number of amides is 1. The van der Waals surface area contributed by atoms with Gasteiger partial charge in [-0.05, 0) is 50.1 Å². The first-order valence-electron chi connectivity index (χ1n) is 8.67. The number of anilines is 3. The van der Waals surface area contributed by atoms with Crippen LogP contribution in [-0.4, -0.2) is 26.8 Å². The molecule has 0 bridgehead atoms. The molecule has 0 saturated heterocycles. The minimum Gasteiger partial charge on any atom is -0.330 e. The largest absolute Gasteiger partial charge is 0.330 e. The molecule has 1 heterocycles. The number of nitro groups is 1. The lowest BCUT2D eigenvalue weighted by molar-refractivity contribution is -0.384. The lowest BCUT2D eigenvalue weighted by Gasteiger charge is -2.08. The van der Waals surface area contributed by atoms with E-state index in [1.165, 1.54) is 34.7 Å². The zero-order valence-electron chi connectivity index (χ0n) is 16.1. The van der Waals surface area contributed by atoms with Crippen LogP contribution >= 0.6 is 23.1 Å². The lowest BCUT2D eigenvalue weighted by Crippen LogP contribution is -2.15. The second-order valence-corrected chi connectivity index (χ2v) is 8.61. The molecule has 10 heteroatoms. The van der Waals surface area contributed by atoms with Gasteiger partial charge in [0, 0.05) is 11.8 Å². The number of hydrogen-bond acceptors (Lipinski definition) is 8. The van der Waals surface area contributed by atoms with Gasteiger partial charge in [0.25, 0.3) is 5.69 Å². The van der Waals surface area contributed by atoms with E-state index in [9.17, 15) is 14.9 Å². The van der Waals surface area contributed by atoms with Gasteiger partial charge < -0.3 is 10.6 Å². The van der Waals surface area contributed by atoms with Crippen molar-refractivity contribution in [3.05, 3.63) is 63.2 Å². The third kappa shape index (κ3) is 5.52. The molecule has 8 nitrogen and oxygen atoms in total. The molecule has 150 valence electrons. The molecule has 29 heavy (non-hydrogen) atoms. The Bertz CT molecular complexity index is 1050. The second kappa shape index (κ2) is 9.01. The Kier molecular flexibility index (Phi) is 6.45. The van der Waals surface area contributed by atoms with Crippen molar-refractivity contribution >= 4 is 51.2 Å². The Labute approximate surface area is 175 Å². The van der Waals surface area contributed by atoms with Crippen molar-refractivity contribution in [2.75, 3.05) is 16.4 Å². The number of carbonyl (C=O) groups excluding carboxylic acids is 1. The standard InChI is InChI=1S/C19H19N5O3S2/c1-11-4-6-14(7-5-11)20-18-22-23-19(29-18)28-10-17(25)21-15-8-12(2)13(3)9-16(15)24(26)27/h4-9H,10H2,1-3H3,(H,20,22)(H,21,25). The molecule has 1 aromatic heterocycles. The van der Waals surface area contributed by atoms with E-state index in [4.69, 9.17) is 0 Å². The van der Waals surface area contributed by atoms with Crippen molar-refractivity contribution in [2.24, 2.45) is 0 Å². The van der Waals surface area contributed by atoms with Crippen molar-refractivity contribution in [3.8, 4) is 0 Å². The van der Waals surface area contributed by atoms with Gasteiger partial charge in [-0.2, -0.15) is 0 Å². The quantitative estimate of drug-likeness (QED) is 0.314. The summed E-state index contributed by atoms with van der Waals surface area (Å²) in [5, 5.41) is 25.8. The molecule has 0 radical (unpaired) electrons. The molecule has 2 N–H and O–H groups in total. The number of benzene rings is 2. The molecular weight excluding hydrogens is 410 g/mol. The summed E-state index contributed by atoms with van der Waals surface area (Å²) < 4.78 is 0.629. The highest BCUT2D eigenvalue weighted by atomic mass is 32.2. The van der Waals surface area contributed by atoms with Gasteiger partial charge in [-0.15, -0.1) is 10.2 Å². The lowest BCUT2D eigenvalue weighted by atomic mass is 10.1. The summed E-state index contributed by atoms with van der Waals surface area (Å²) in [4.78, 5) is 23.0. The Morgan fingerprint density at radius 2 is 1.83 bits per heavy atom. The fourth-order valence-corrected chi connectivity index (χ4v) is 4.02. The van der Waals surface area contributed by atoms with E-state index >= 15 is 0 Å². The molecule has 0 saturated carbocycles. The van der Waals surface area contributed by atoms with Gasteiger partial charge in [0.15, 0.2) is 4.34 Å². The molecule has 1 amide bonds. The maximum atomic E-state index is 12.3. The van der Waals surface area contributed by atoms with Crippen LogP contribution in [0.15, 0.2) is 40.7 Å². The molecule has 0 fully saturated rings. The SMILES string of the molecule is Cc1ccc(Nc2nnc(SCC(=O)Nc3cc(C)c(C)cc3[N+](=O)[O-])s2)cc1. The average molecular weight is 430 g/mol. The van der Waals surface area contributed by atoms with Crippen LogP contribution in [0.1, 0.15) is 16.7 Å². The molecule has 3 aromatic rings.